The Bertz CT molecular complexity index is 310. The van der Waals surface area contributed by atoms with Crippen molar-refractivity contribution in [1.82, 2.24) is 4.90 Å². The summed E-state index contributed by atoms with van der Waals surface area (Å²) in [7, 11) is 0. The topological polar surface area (TPSA) is 29.5 Å². The summed E-state index contributed by atoms with van der Waals surface area (Å²) in [4.78, 5) is 13.5. The summed E-state index contributed by atoms with van der Waals surface area (Å²) < 4.78 is 5.34. The summed E-state index contributed by atoms with van der Waals surface area (Å²) >= 11 is 0. The molecule has 1 aliphatic carbocycles. The van der Waals surface area contributed by atoms with E-state index in [2.05, 4.69) is 6.58 Å². The van der Waals surface area contributed by atoms with Crippen molar-refractivity contribution in [3.8, 4) is 0 Å². The first kappa shape index (κ1) is 10.5. The molecule has 15 heavy (non-hydrogen) atoms. The molecule has 1 heterocycles. The van der Waals surface area contributed by atoms with Crippen molar-refractivity contribution in [3.05, 3.63) is 12.3 Å². The van der Waals surface area contributed by atoms with Gasteiger partial charge in [0.05, 0.1) is 0 Å². The van der Waals surface area contributed by atoms with E-state index < -0.39 is 5.60 Å². The smallest absolute Gasteiger partial charge is 0.414 e. The van der Waals surface area contributed by atoms with E-state index in [0.29, 0.717) is 5.41 Å². The van der Waals surface area contributed by atoms with Gasteiger partial charge in [-0.1, -0.05) is 6.58 Å². The van der Waals surface area contributed by atoms with Crippen LogP contribution in [-0.2, 0) is 4.74 Å². The van der Waals surface area contributed by atoms with E-state index >= 15 is 0 Å². The zero-order chi connectivity index (χ0) is 11.3. The highest BCUT2D eigenvalue weighted by Gasteiger charge is 2.51. The van der Waals surface area contributed by atoms with Gasteiger partial charge in [-0.3, -0.25) is 4.90 Å². The summed E-state index contributed by atoms with van der Waals surface area (Å²) in [5.41, 5.74) is 0.867. The van der Waals surface area contributed by atoms with Crippen LogP contribution in [0.3, 0.4) is 0 Å². The maximum atomic E-state index is 11.8. The SMILES string of the molecule is C=C1CC2(CC2)CN1C(=O)OC(C)(C)C. The van der Waals surface area contributed by atoms with Crippen LogP contribution in [0.1, 0.15) is 40.0 Å². The molecule has 2 aliphatic rings. The highest BCUT2D eigenvalue weighted by Crippen LogP contribution is 2.55. The molecule has 2 fully saturated rings. The lowest BCUT2D eigenvalue weighted by molar-refractivity contribution is 0.0328. The van der Waals surface area contributed by atoms with Crippen LogP contribution in [0.5, 0.6) is 0 Å². The van der Waals surface area contributed by atoms with E-state index in [1.54, 1.807) is 4.90 Å². The minimum absolute atomic E-state index is 0.240. The second kappa shape index (κ2) is 3.00. The number of ether oxygens (including phenoxy) is 1. The predicted octanol–water partition coefficient (Wildman–Crippen LogP) is 2.92. The summed E-state index contributed by atoms with van der Waals surface area (Å²) in [6, 6.07) is 0. The molecule has 1 spiro atoms. The van der Waals surface area contributed by atoms with Crippen LogP contribution in [0.2, 0.25) is 0 Å². The molecule has 0 aromatic heterocycles. The van der Waals surface area contributed by atoms with Crippen LogP contribution in [-0.4, -0.2) is 23.1 Å². The van der Waals surface area contributed by atoms with Crippen molar-refractivity contribution in [2.45, 2.75) is 45.6 Å². The normalized spacial score (nSPS) is 23.4. The van der Waals surface area contributed by atoms with Gasteiger partial charge in [-0.2, -0.15) is 0 Å². The molecule has 0 aromatic carbocycles. The van der Waals surface area contributed by atoms with Crippen LogP contribution >= 0.6 is 0 Å². The Morgan fingerprint density at radius 1 is 1.47 bits per heavy atom. The molecular formula is C12H19NO2. The van der Waals surface area contributed by atoms with Crippen molar-refractivity contribution in [3.63, 3.8) is 0 Å². The summed E-state index contributed by atoms with van der Waals surface area (Å²) in [6.45, 7) is 10.4. The average Bonchev–Trinajstić information content (AvgIpc) is 2.67. The average molecular weight is 209 g/mol. The van der Waals surface area contributed by atoms with Crippen molar-refractivity contribution in [1.29, 1.82) is 0 Å². The van der Waals surface area contributed by atoms with Gasteiger partial charge in [-0.25, -0.2) is 4.79 Å². The van der Waals surface area contributed by atoms with Crippen LogP contribution in [0.4, 0.5) is 4.79 Å². The van der Waals surface area contributed by atoms with Gasteiger partial charge in [0, 0.05) is 12.2 Å². The largest absolute Gasteiger partial charge is 0.443 e. The summed E-state index contributed by atoms with van der Waals surface area (Å²) in [5.74, 6) is 0. The monoisotopic (exact) mass is 209 g/mol. The maximum Gasteiger partial charge on any atom is 0.414 e. The van der Waals surface area contributed by atoms with Crippen molar-refractivity contribution in [2.75, 3.05) is 6.54 Å². The number of rotatable bonds is 0. The fraction of sp³-hybridized carbons (Fsp3) is 0.750. The lowest BCUT2D eigenvalue weighted by Gasteiger charge is -2.24. The molecule has 0 bridgehead atoms. The Kier molecular flexibility index (Phi) is 2.11. The quantitative estimate of drug-likeness (QED) is 0.614. The van der Waals surface area contributed by atoms with Gasteiger partial charge < -0.3 is 4.74 Å². The number of amides is 1. The molecule has 1 aliphatic heterocycles. The zero-order valence-corrected chi connectivity index (χ0v) is 9.80. The molecule has 0 aromatic rings. The third kappa shape index (κ3) is 2.16. The van der Waals surface area contributed by atoms with Gasteiger partial charge in [-0.15, -0.1) is 0 Å². The predicted molar refractivity (Wildman–Crippen MR) is 58.4 cm³/mol. The third-order valence-electron chi connectivity index (χ3n) is 3.03. The second-order valence-electron chi connectivity index (χ2n) is 5.81. The van der Waals surface area contributed by atoms with Crippen LogP contribution < -0.4 is 0 Å². The number of nitrogens with zero attached hydrogens (tertiary/aromatic N) is 1. The lowest BCUT2D eigenvalue weighted by Crippen LogP contribution is -2.34. The van der Waals surface area contributed by atoms with Gasteiger partial charge in [0.1, 0.15) is 5.60 Å². The standard InChI is InChI=1S/C12H19NO2/c1-9-7-12(5-6-12)8-13(9)10(14)15-11(2,3)4/h1,5-8H2,2-4H3. The molecule has 1 amide bonds. The van der Waals surface area contributed by atoms with E-state index in [1.165, 1.54) is 12.8 Å². The minimum atomic E-state index is -0.420. The number of hydrogen-bond donors (Lipinski definition) is 0. The van der Waals surface area contributed by atoms with Gasteiger partial charge in [0.2, 0.25) is 0 Å². The van der Waals surface area contributed by atoms with E-state index in [-0.39, 0.29) is 6.09 Å². The zero-order valence-electron chi connectivity index (χ0n) is 9.80. The maximum absolute atomic E-state index is 11.8. The summed E-state index contributed by atoms with van der Waals surface area (Å²) in [5, 5.41) is 0. The number of allylic oxidation sites excluding steroid dienone is 1. The molecule has 2 rings (SSSR count). The number of likely N-dealkylation sites (tertiary alicyclic amines) is 1. The molecular weight excluding hydrogens is 190 g/mol. The molecule has 0 unspecified atom stereocenters. The summed E-state index contributed by atoms with van der Waals surface area (Å²) in [6.07, 6.45) is 3.18. The van der Waals surface area contributed by atoms with Crippen LogP contribution in [0.25, 0.3) is 0 Å². The first-order valence-corrected chi connectivity index (χ1v) is 5.50. The molecule has 1 saturated carbocycles. The molecule has 0 radical (unpaired) electrons. The van der Waals surface area contributed by atoms with Gasteiger partial charge in [0.15, 0.2) is 0 Å². The number of carbonyl (C=O) groups is 1. The Hall–Kier alpha value is -0.990. The third-order valence-corrected chi connectivity index (χ3v) is 3.03. The van der Waals surface area contributed by atoms with Gasteiger partial charge in [-0.05, 0) is 45.4 Å². The highest BCUT2D eigenvalue weighted by molar-refractivity contribution is 5.71. The van der Waals surface area contributed by atoms with Crippen LogP contribution in [0, 0.1) is 5.41 Å². The van der Waals surface area contributed by atoms with E-state index in [9.17, 15) is 4.79 Å². The number of carbonyl (C=O) groups excluding carboxylic acids is 1. The molecule has 84 valence electrons. The Morgan fingerprint density at radius 3 is 2.47 bits per heavy atom. The van der Waals surface area contributed by atoms with Gasteiger partial charge in [0.25, 0.3) is 0 Å². The first-order chi connectivity index (χ1) is 6.81. The molecule has 0 atom stereocenters. The van der Waals surface area contributed by atoms with Crippen molar-refractivity contribution in [2.24, 2.45) is 5.41 Å². The molecule has 0 N–H and O–H groups in total. The van der Waals surface area contributed by atoms with E-state index in [4.69, 9.17) is 4.74 Å². The Balaban J connectivity index is 1.99. The van der Waals surface area contributed by atoms with E-state index in [0.717, 1.165) is 18.7 Å². The van der Waals surface area contributed by atoms with Crippen LogP contribution in [0.15, 0.2) is 12.3 Å². The highest BCUT2D eigenvalue weighted by atomic mass is 16.6. The van der Waals surface area contributed by atoms with Crippen molar-refractivity contribution < 1.29 is 9.53 Å². The number of hydrogen-bond acceptors (Lipinski definition) is 2. The van der Waals surface area contributed by atoms with Gasteiger partial charge >= 0.3 is 6.09 Å². The van der Waals surface area contributed by atoms with E-state index in [1.807, 2.05) is 20.8 Å². The Morgan fingerprint density at radius 2 is 2.07 bits per heavy atom. The fourth-order valence-electron chi connectivity index (χ4n) is 2.05. The Labute approximate surface area is 91.1 Å². The minimum Gasteiger partial charge on any atom is -0.443 e. The first-order valence-electron chi connectivity index (χ1n) is 5.50. The van der Waals surface area contributed by atoms with Crippen molar-refractivity contribution >= 4 is 6.09 Å². The fourth-order valence-corrected chi connectivity index (χ4v) is 2.05. The second-order valence-corrected chi connectivity index (χ2v) is 5.81. The molecule has 1 saturated heterocycles. The molecule has 3 nitrogen and oxygen atoms in total. The lowest BCUT2D eigenvalue weighted by atomic mass is 10.1. The molecule has 3 heteroatoms.